The summed E-state index contributed by atoms with van der Waals surface area (Å²) in [6, 6.07) is 11.0. The second-order valence-corrected chi connectivity index (χ2v) is 7.45. The number of halogens is 4. The molecule has 1 amide bonds. The molecule has 0 spiro atoms. The van der Waals surface area contributed by atoms with Crippen LogP contribution in [-0.4, -0.2) is 35.9 Å². The largest absolute Gasteiger partial charge is 0.306 e. The van der Waals surface area contributed by atoms with Crippen LogP contribution < -0.4 is 5.32 Å². The number of anilines is 1. The maximum Gasteiger partial charge on any atom is 0.258 e. The smallest absolute Gasteiger partial charge is 0.258 e. The van der Waals surface area contributed by atoms with E-state index in [1.54, 1.807) is 24.3 Å². The lowest BCUT2D eigenvalue weighted by Crippen LogP contribution is -2.29. The number of amides is 1. The number of aromatic nitrogens is 1. The molecule has 1 aromatic heterocycles. The summed E-state index contributed by atoms with van der Waals surface area (Å²) < 4.78 is 0. The van der Waals surface area contributed by atoms with Crippen molar-refractivity contribution >= 4 is 65.3 Å². The number of nitrogens with one attached hydrogen (secondary N) is 1. The van der Waals surface area contributed by atoms with Crippen LogP contribution in [0.25, 0.3) is 5.57 Å². The zero-order chi connectivity index (χ0) is 18.7. The number of rotatable bonds is 4. The minimum Gasteiger partial charge on any atom is -0.306 e. The Balaban J connectivity index is 0.00000196. The normalized spacial score (nSPS) is 15.9. The Hall–Kier alpha value is -1.30. The predicted octanol–water partition coefficient (Wildman–Crippen LogP) is 5.98. The molecule has 28 heavy (non-hydrogen) atoms. The second-order valence-electron chi connectivity index (χ2n) is 6.61. The van der Waals surface area contributed by atoms with Crippen molar-refractivity contribution in [2.75, 3.05) is 19.4 Å². The first-order chi connectivity index (χ1) is 12.4. The van der Waals surface area contributed by atoms with Gasteiger partial charge in [0.15, 0.2) is 0 Å². The lowest BCUT2D eigenvalue weighted by molar-refractivity contribution is 0.102. The predicted molar refractivity (Wildman–Crippen MR) is 122 cm³/mol. The molecule has 1 N–H and O–H groups in total. The number of benzene rings is 1. The summed E-state index contributed by atoms with van der Waals surface area (Å²) in [6.45, 7) is 0. The summed E-state index contributed by atoms with van der Waals surface area (Å²) in [7, 11) is 4.22. The van der Waals surface area contributed by atoms with Gasteiger partial charge in [-0.15, -0.1) is 24.8 Å². The minimum atomic E-state index is -0.304. The Labute approximate surface area is 188 Å². The van der Waals surface area contributed by atoms with Crippen molar-refractivity contribution in [3.63, 3.8) is 0 Å². The molecule has 0 saturated heterocycles. The van der Waals surface area contributed by atoms with Crippen LogP contribution in [0, 0.1) is 0 Å². The van der Waals surface area contributed by atoms with E-state index < -0.39 is 0 Å². The molecular weight excluding hydrogens is 440 g/mol. The highest BCUT2D eigenvalue weighted by Gasteiger charge is 2.18. The third-order valence-electron chi connectivity index (χ3n) is 4.61. The lowest BCUT2D eigenvalue weighted by atomic mass is 9.92. The van der Waals surface area contributed by atoms with Crippen molar-refractivity contribution in [3.8, 4) is 0 Å². The van der Waals surface area contributed by atoms with Crippen LogP contribution in [0.5, 0.6) is 0 Å². The number of allylic oxidation sites excluding steroid dienone is 1. The van der Waals surface area contributed by atoms with Gasteiger partial charge in [0.1, 0.15) is 5.82 Å². The SMILES string of the molecule is CN(C)C1CC=C(c2cccc(NC(=O)c3ccc(Cl)cc3Cl)n2)CC1.Cl.Cl. The molecule has 3 rings (SSSR count). The van der Waals surface area contributed by atoms with Crippen molar-refractivity contribution < 1.29 is 4.79 Å². The van der Waals surface area contributed by atoms with Gasteiger partial charge in [-0.3, -0.25) is 4.79 Å². The number of carbonyl (C=O) groups is 1. The van der Waals surface area contributed by atoms with Gasteiger partial charge in [0.05, 0.1) is 16.3 Å². The van der Waals surface area contributed by atoms with Crippen LogP contribution in [0.15, 0.2) is 42.5 Å². The Morgan fingerprint density at radius 3 is 2.54 bits per heavy atom. The van der Waals surface area contributed by atoms with Crippen molar-refractivity contribution in [3.05, 3.63) is 63.8 Å². The molecule has 1 aromatic carbocycles. The van der Waals surface area contributed by atoms with Gasteiger partial charge in [0, 0.05) is 11.1 Å². The van der Waals surface area contributed by atoms with Gasteiger partial charge in [-0.1, -0.05) is 35.3 Å². The summed E-state index contributed by atoms with van der Waals surface area (Å²) in [5, 5.41) is 3.62. The quantitative estimate of drug-likeness (QED) is 0.607. The molecule has 1 aliphatic carbocycles. The van der Waals surface area contributed by atoms with E-state index in [0.29, 0.717) is 27.5 Å². The van der Waals surface area contributed by atoms with Crippen LogP contribution in [0.2, 0.25) is 10.0 Å². The highest BCUT2D eigenvalue weighted by atomic mass is 35.5. The molecule has 1 heterocycles. The average Bonchev–Trinajstić information content (AvgIpc) is 2.62. The maximum absolute atomic E-state index is 12.5. The Kier molecular flexibility index (Phi) is 9.75. The number of nitrogens with zero attached hydrogens (tertiary/aromatic N) is 2. The summed E-state index contributed by atoms with van der Waals surface area (Å²) in [5.41, 5.74) is 2.50. The summed E-state index contributed by atoms with van der Waals surface area (Å²) >= 11 is 12.0. The van der Waals surface area contributed by atoms with Crippen LogP contribution in [-0.2, 0) is 0 Å². The average molecular weight is 463 g/mol. The van der Waals surface area contributed by atoms with E-state index in [1.807, 2.05) is 12.1 Å². The van der Waals surface area contributed by atoms with Crippen molar-refractivity contribution in [1.82, 2.24) is 9.88 Å². The van der Waals surface area contributed by atoms with Gasteiger partial charge < -0.3 is 10.2 Å². The van der Waals surface area contributed by atoms with Gasteiger partial charge in [-0.05, 0) is 69.3 Å². The molecule has 0 aliphatic heterocycles. The summed E-state index contributed by atoms with van der Waals surface area (Å²) in [4.78, 5) is 19.3. The third kappa shape index (κ3) is 6.10. The zero-order valence-corrected chi connectivity index (χ0v) is 18.8. The summed E-state index contributed by atoms with van der Waals surface area (Å²) in [6.07, 6.45) is 5.35. The molecule has 152 valence electrons. The molecule has 0 saturated carbocycles. The number of carbonyl (C=O) groups excluding carboxylic acids is 1. The molecule has 8 heteroatoms. The van der Waals surface area contributed by atoms with E-state index in [1.165, 1.54) is 5.57 Å². The van der Waals surface area contributed by atoms with E-state index in [9.17, 15) is 4.79 Å². The number of pyridine rings is 1. The van der Waals surface area contributed by atoms with E-state index in [0.717, 1.165) is 25.0 Å². The van der Waals surface area contributed by atoms with Crippen LogP contribution in [0.1, 0.15) is 35.3 Å². The molecule has 4 nitrogen and oxygen atoms in total. The van der Waals surface area contributed by atoms with Crippen LogP contribution >= 0.6 is 48.0 Å². The molecule has 0 fully saturated rings. The highest BCUT2D eigenvalue weighted by Crippen LogP contribution is 2.28. The Morgan fingerprint density at radius 1 is 1.18 bits per heavy atom. The highest BCUT2D eigenvalue weighted by molar-refractivity contribution is 6.37. The van der Waals surface area contributed by atoms with Gasteiger partial charge >= 0.3 is 0 Å². The first-order valence-corrected chi connectivity index (χ1v) is 9.29. The van der Waals surface area contributed by atoms with Crippen LogP contribution in [0.4, 0.5) is 5.82 Å². The molecule has 1 aliphatic rings. The fraction of sp³-hybridized carbons (Fsp3) is 0.300. The maximum atomic E-state index is 12.5. The van der Waals surface area contributed by atoms with Crippen molar-refractivity contribution in [2.45, 2.75) is 25.3 Å². The Bertz CT molecular complexity index is 855. The van der Waals surface area contributed by atoms with E-state index in [4.69, 9.17) is 23.2 Å². The number of hydrogen-bond donors (Lipinski definition) is 1. The van der Waals surface area contributed by atoms with Crippen molar-refractivity contribution in [1.29, 1.82) is 0 Å². The first kappa shape index (κ1) is 24.7. The molecule has 2 aromatic rings. The molecule has 0 radical (unpaired) electrons. The number of hydrogen-bond acceptors (Lipinski definition) is 3. The van der Waals surface area contributed by atoms with Gasteiger partial charge in [0.25, 0.3) is 5.91 Å². The third-order valence-corrected chi connectivity index (χ3v) is 5.16. The van der Waals surface area contributed by atoms with Gasteiger partial charge in [0.2, 0.25) is 0 Å². The minimum absolute atomic E-state index is 0. The van der Waals surface area contributed by atoms with E-state index in [2.05, 4.69) is 35.4 Å². The Morgan fingerprint density at radius 2 is 1.93 bits per heavy atom. The monoisotopic (exact) mass is 461 g/mol. The van der Waals surface area contributed by atoms with E-state index >= 15 is 0 Å². The zero-order valence-electron chi connectivity index (χ0n) is 15.6. The van der Waals surface area contributed by atoms with Crippen LogP contribution in [0.3, 0.4) is 0 Å². The fourth-order valence-electron chi connectivity index (χ4n) is 3.06. The van der Waals surface area contributed by atoms with Gasteiger partial charge in [-0.25, -0.2) is 4.98 Å². The molecule has 0 bridgehead atoms. The summed E-state index contributed by atoms with van der Waals surface area (Å²) in [5.74, 6) is 0.204. The fourth-order valence-corrected chi connectivity index (χ4v) is 3.56. The standard InChI is InChI=1S/C20H21Cl2N3O.2ClH/c1-25(2)15-9-6-13(7-10-15)18-4-3-5-19(23-18)24-20(26)16-11-8-14(21)12-17(16)22;;/h3-6,8,11-12,15H,7,9-10H2,1-2H3,(H,23,24,26);2*1H. The molecule has 1 atom stereocenters. The second kappa shape index (κ2) is 11.0. The molecule has 1 unspecified atom stereocenters. The van der Waals surface area contributed by atoms with E-state index in [-0.39, 0.29) is 30.7 Å². The molecular formula is C20H23Cl4N3O. The van der Waals surface area contributed by atoms with Gasteiger partial charge in [-0.2, -0.15) is 0 Å². The lowest BCUT2D eigenvalue weighted by Gasteiger charge is -2.27. The van der Waals surface area contributed by atoms with Crippen molar-refractivity contribution in [2.24, 2.45) is 0 Å². The topological polar surface area (TPSA) is 45.2 Å². The first-order valence-electron chi connectivity index (χ1n) is 8.53.